The van der Waals surface area contributed by atoms with Crippen LogP contribution in [0.25, 0.3) is 0 Å². The summed E-state index contributed by atoms with van der Waals surface area (Å²) >= 11 is 1.75. The van der Waals surface area contributed by atoms with Crippen LogP contribution in [0.3, 0.4) is 0 Å². The number of aromatic nitrogens is 2. The number of hydrogen-bond donors (Lipinski definition) is 1. The third-order valence-electron chi connectivity index (χ3n) is 3.82. The van der Waals surface area contributed by atoms with Gasteiger partial charge in [-0.3, -0.25) is 4.79 Å². The highest BCUT2D eigenvalue weighted by molar-refractivity contribution is 7.99. The van der Waals surface area contributed by atoms with Gasteiger partial charge in [0.2, 0.25) is 0 Å². The van der Waals surface area contributed by atoms with Gasteiger partial charge in [-0.25, -0.2) is 4.98 Å². The second kappa shape index (κ2) is 8.53. The lowest BCUT2D eigenvalue weighted by molar-refractivity contribution is 0.0956. The molecule has 3 rings (SSSR count). The van der Waals surface area contributed by atoms with Crippen molar-refractivity contribution in [3.8, 4) is 0 Å². The fourth-order valence-electron chi connectivity index (χ4n) is 2.42. The quantitative estimate of drug-likeness (QED) is 0.521. The molecule has 1 aromatic heterocycles. The monoisotopic (exact) mass is 351 g/mol. The average molecular weight is 351 g/mol. The van der Waals surface area contributed by atoms with Gasteiger partial charge in [-0.05, 0) is 36.8 Å². The number of imidazole rings is 1. The van der Waals surface area contributed by atoms with Gasteiger partial charge in [0.05, 0.1) is 6.33 Å². The topological polar surface area (TPSA) is 46.9 Å². The van der Waals surface area contributed by atoms with Crippen LogP contribution in [0.4, 0.5) is 0 Å². The van der Waals surface area contributed by atoms with Gasteiger partial charge in [0, 0.05) is 41.7 Å². The lowest BCUT2D eigenvalue weighted by atomic mass is 10.1. The Morgan fingerprint density at radius 1 is 1.12 bits per heavy atom. The summed E-state index contributed by atoms with van der Waals surface area (Å²) in [6, 6.07) is 16.1. The standard InChI is InChI=1S/C20H21N3OS/c1-16-2-8-19(9-3-16)25-13-11-22-20(24)18-6-4-17(5-7-18)14-23-12-10-21-15-23/h2-10,12,15H,11,13-14H2,1H3,(H,22,24). The number of thioether (sulfide) groups is 1. The Hall–Kier alpha value is -2.53. The Morgan fingerprint density at radius 2 is 1.88 bits per heavy atom. The van der Waals surface area contributed by atoms with Crippen molar-refractivity contribution in [2.75, 3.05) is 12.3 Å². The lowest BCUT2D eigenvalue weighted by Crippen LogP contribution is -2.25. The van der Waals surface area contributed by atoms with E-state index in [1.54, 1.807) is 24.3 Å². The molecule has 0 aliphatic rings. The fraction of sp³-hybridized carbons (Fsp3) is 0.200. The molecular weight excluding hydrogens is 330 g/mol. The summed E-state index contributed by atoms with van der Waals surface area (Å²) in [6.07, 6.45) is 5.47. The number of nitrogens with one attached hydrogen (secondary N) is 1. The molecule has 2 aromatic carbocycles. The Morgan fingerprint density at radius 3 is 2.56 bits per heavy atom. The molecule has 3 aromatic rings. The molecule has 0 saturated heterocycles. The molecule has 0 spiro atoms. The smallest absolute Gasteiger partial charge is 0.251 e. The molecule has 1 heterocycles. The summed E-state index contributed by atoms with van der Waals surface area (Å²) in [4.78, 5) is 17.4. The molecule has 1 amide bonds. The summed E-state index contributed by atoms with van der Waals surface area (Å²) in [7, 11) is 0. The summed E-state index contributed by atoms with van der Waals surface area (Å²) in [5, 5.41) is 2.97. The number of amides is 1. The van der Waals surface area contributed by atoms with E-state index in [0.29, 0.717) is 12.1 Å². The van der Waals surface area contributed by atoms with Crippen LogP contribution in [0, 0.1) is 6.92 Å². The second-order valence-corrected chi connectivity index (χ2v) is 7.02. The van der Waals surface area contributed by atoms with Gasteiger partial charge in [-0.2, -0.15) is 0 Å². The van der Waals surface area contributed by atoms with Crippen LogP contribution in [-0.4, -0.2) is 27.8 Å². The van der Waals surface area contributed by atoms with Gasteiger partial charge in [0.1, 0.15) is 0 Å². The highest BCUT2D eigenvalue weighted by atomic mass is 32.2. The third kappa shape index (κ3) is 5.22. The van der Waals surface area contributed by atoms with Crippen molar-refractivity contribution < 1.29 is 4.79 Å². The summed E-state index contributed by atoms with van der Waals surface area (Å²) in [5.41, 5.74) is 3.09. The number of hydrogen-bond acceptors (Lipinski definition) is 3. The fourth-order valence-corrected chi connectivity index (χ4v) is 3.19. The van der Waals surface area contributed by atoms with Crippen molar-refractivity contribution >= 4 is 17.7 Å². The molecule has 0 aliphatic heterocycles. The van der Waals surface area contributed by atoms with Gasteiger partial charge in [-0.15, -0.1) is 11.8 Å². The number of nitrogens with zero attached hydrogens (tertiary/aromatic N) is 2. The van der Waals surface area contributed by atoms with E-state index < -0.39 is 0 Å². The predicted molar refractivity (Wildman–Crippen MR) is 102 cm³/mol. The van der Waals surface area contributed by atoms with Crippen molar-refractivity contribution in [2.45, 2.75) is 18.4 Å². The van der Waals surface area contributed by atoms with E-state index in [2.05, 4.69) is 41.5 Å². The van der Waals surface area contributed by atoms with Crippen molar-refractivity contribution in [2.24, 2.45) is 0 Å². The van der Waals surface area contributed by atoms with Crippen LogP contribution >= 0.6 is 11.8 Å². The molecule has 0 saturated carbocycles. The average Bonchev–Trinajstić information content (AvgIpc) is 3.14. The molecule has 0 aliphatic carbocycles. The van der Waals surface area contributed by atoms with Crippen molar-refractivity contribution in [3.05, 3.63) is 83.9 Å². The number of aryl methyl sites for hydroxylation is 1. The van der Waals surface area contributed by atoms with E-state index >= 15 is 0 Å². The zero-order valence-electron chi connectivity index (χ0n) is 14.2. The molecule has 0 atom stereocenters. The lowest BCUT2D eigenvalue weighted by Gasteiger charge is -2.07. The van der Waals surface area contributed by atoms with E-state index in [0.717, 1.165) is 17.9 Å². The van der Waals surface area contributed by atoms with Crippen molar-refractivity contribution in [3.63, 3.8) is 0 Å². The van der Waals surface area contributed by atoms with Gasteiger partial charge < -0.3 is 9.88 Å². The van der Waals surface area contributed by atoms with Gasteiger partial charge in [0.15, 0.2) is 0 Å². The normalized spacial score (nSPS) is 10.6. The Labute approximate surface area is 152 Å². The first kappa shape index (κ1) is 17.3. The van der Waals surface area contributed by atoms with E-state index in [-0.39, 0.29) is 5.91 Å². The maximum Gasteiger partial charge on any atom is 0.251 e. The molecule has 25 heavy (non-hydrogen) atoms. The number of benzene rings is 2. The van der Waals surface area contributed by atoms with Crippen LogP contribution in [-0.2, 0) is 6.54 Å². The van der Waals surface area contributed by atoms with Gasteiger partial charge in [-0.1, -0.05) is 29.8 Å². The van der Waals surface area contributed by atoms with Crippen LogP contribution in [0.2, 0.25) is 0 Å². The third-order valence-corrected chi connectivity index (χ3v) is 4.83. The van der Waals surface area contributed by atoms with E-state index in [1.165, 1.54) is 10.5 Å². The highest BCUT2D eigenvalue weighted by Crippen LogP contribution is 2.17. The van der Waals surface area contributed by atoms with Gasteiger partial charge in [0.25, 0.3) is 5.91 Å². The Kier molecular flexibility index (Phi) is 5.90. The largest absolute Gasteiger partial charge is 0.351 e. The van der Waals surface area contributed by atoms with Crippen molar-refractivity contribution in [1.29, 1.82) is 0 Å². The first-order valence-electron chi connectivity index (χ1n) is 8.23. The minimum Gasteiger partial charge on any atom is -0.351 e. The molecule has 0 fully saturated rings. The first-order valence-corrected chi connectivity index (χ1v) is 9.21. The molecule has 0 unspecified atom stereocenters. The second-order valence-electron chi connectivity index (χ2n) is 5.85. The maximum atomic E-state index is 12.2. The predicted octanol–water partition coefficient (Wildman–Crippen LogP) is 3.76. The minimum absolute atomic E-state index is 0.0290. The molecule has 1 N–H and O–H groups in total. The molecule has 4 nitrogen and oxygen atoms in total. The molecular formula is C20H21N3OS. The number of rotatable bonds is 7. The summed E-state index contributed by atoms with van der Waals surface area (Å²) in [6.45, 7) is 3.48. The van der Waals surface area contributed by atoms with Crippen molar-refractivity contribution in [1.82, 2.24) is 14.9 Å². The number of carbonyl (C=O) groups excluding carboxylic acids is 1. The zero-order valence-corrected chi connectivity index (χ0v) is 15.0. The Bertz CT molecular complexity index is 796. The van der Waals surface area contributed by atoms with Crippen LogP contribution < -0.4 is 5.32 Å². The summed E-state index contributed by atoms with van der Waals surface area (Å²) in [5.74, 6) is 0.826. The van der Waals surface area contributed by atoms with E-state index in [1.807, 2.05) is 35.0 Å². The first-order chi connectivity index (χ1) is 12.2. The number of carbonyl (C=O) groups is 1. The van der Waals surface area contributed by atoms with E-state index in [9.17, 15) is 4.79 Å². The zero-order chi connectivity index (χ0) is 17.5. The molecule has 5 heteroatoms. The van der Waals surface area contributed by atoms with Crippen LogP contribution in [0.15, 0.2) is 72.1 Å². The molecule has 0 bridgehead atoms. The summed E-state index contributed by atoms with van der Waals surface area (Å²) < 4.78 is 2.00. The minimum atomic E-state index is -0.0290. The Balaban J connectivity index is 1.44. The molecule has 0 radical (unpaired) electrons. The SMILES string of the molecule is Cc1ccc(SCCNC(=O)c2ccc(Cn3ccnc3)cc2)cc1. The maximum absolute atomic E-state index is 12.2. The van der Waals surface area contributed by atoms with E-state index in [4.69, 9.17) is 0 Å². The van der Waals surface area contributed by atoms with Gasteiger partial charge >= 0.3 is 0 Å². The molecule has 128 valence electrons. The van der Waals surface area contributed by atoms with Crippen LogP contribution in [0.1, 0.15) is 21.5 Å². The van der Waals surface area contributed by atoms with Crippen LogP contribution in [0.5, 0.6) is 0 Å². The highest BCUT2D eigenvalue weighted by Gasteiger charge is 2.05.